The van der Waals surface area contributed by atoms with E-state index in [4.69, 9.17) is 5.11 Å². The zero-order valence-electron chi connectivity index (χ0n) is 8.66. The summed E-state index contributed by atoms with van der Waals surface area (Å²) >= 11 is 0. The predicted molar refractivity (Wildman–Crippen MR) is 55.0 cm³/mol. The van der Waals surface area contributed by atoms with Crippen molar-refractivity contribution in [1.82, 2.24) is 4.98 Å². The second kappa shape index (κ2) is 3.65. The maximum atomic E-state index is 13.5. The molecule has 2 aromatic rings. The molecule has 0 atom stereocenters. The van der Waals surface area contributed by atoms with Gasteiger partial charge in [-0.15, -0.1) is 0 Å². The lowest BCUT2D eigenvalue weighted by Gasteiger charge is -2.07. The van der Waals surface area contributed by atoms with Gasteiger partial charge in [-0.1, -0.05) is 0 Å². The van der Waals surface area contributed by atoms with Crippen molar-refractivity contribution >= 4 is 16.9 Å². The fraction of sp³-hybridized carbons (Fsp3) is 0.0909. The van der Waals surface area contributed by atoms with Gasteiger partial charge in [0, 0.05) is 10.9 Å². The molecule has 1 aromatic heterocycles. The van der Waals surface area contributed by atoms with Crippen LogP contribution in [0.4, 0.5) is 8.78 Å². The van der Waals surface area contributed by atoms with Crippen molar-refractivity contribution in [2.24, 2.45) is 0 Å². The summed E-state index contributed by atoms with van der Waals surface area (Å²) in [6, 6.07) is 2.12. The Morgan fingerprint density at radius 3 is 2.53 bits per heavy atom. The molecule has 1 heterocycles. The largest absolute Gasteiger partial charge is 0.505 e. The molecule has 1 aromatic carbocycles. The van der Waals surface area contributed by atoms with E-state index >= 15 is 0 Å². The number of benzene rings is 1. The molecule has 0 bridgehead atoms. The van der Waals surface area contributed by atoms with Crippen LogP contribution in [0.2, 0.25) is 0 Å². The number of fused-ring (bicyclic) bond motifs is 1. The number of aromatic carboxylic acids is 1. The van der Waals surface area contributed by atoms with Gasteiger partial charge in [0.1, 0.15) is 17.0 Å². The number of carbonyl (C=O) groups is 1. The highest BCUT2D eigenvalue weighted by Crippen LogP contribution is 2.31. The number of aromatic hydroxyl groups is 1. The molecule has 2 N–H and O–H groups in total. The van der Waals surface area contributed by atoms with Crippen LogP contribution >= 0.6 is 0 Å². The van der Waals surface area contributed by atoms with Crippen LogP contribution in [-0.4, -0.2) is 21.2 Å². The fourth-order valence-corrected chi connectivity index (χ4v) is 1.50. The van der Waals surface area contributed by atoms with E-state index in [1.807, 2.05) is 0 Å². The van der Waals surface area contributed by atoms with E-state index in [0.29, 0.717) is 0 Å². The molecule has 0 spiro atoms. The van der Waals surface area contributed by atoms with Crippen molar-refractivity contribution in [3.63, 3.8) is 0 Å². The number of phenols is 1. The first-order chi connectivity index (χ1) is 7.93. The number of pyridine rings is 1. The first kappa shape index (κ1) is 11.3. The number of carboxylic acids is 1. The van der Waals surface area contributed by atoms with E-state index in [1.54, 1.807) is 0 Å². The first-order valence-corrected chi connectivity index (χ1v) is 4.64. The molecular formula is C11H7F2NO3. The maximum Gasteiger partial charge on any atom is 0.354 e. The number of hydrogen-bond donors (Lipinski definition) is 2. The lowest BCUT2D eigenvalue weighted by atomic mass is 10.1. The number of aromatic nitrogens is 1. The van der Waals surface area contributed by atoms with Crippen molar-refractivity contribution in [3.8, 4) is 5.75 Å². The molecule has 4 nitrogen and oxygen atoms in total. The average Bonchev–Trinajstić information content (AvgIpc) is 2.32. The van der Waals surface area contributed by atoms with Crippen molar-refractivity contribution in [2.45, 2.75) is 6.92 Å². The molecule has 0 aliphatic rings. The molecule has 0 unspecified atom stereocenters. The molecule has 0 fully saturated rings. The number of rotatable bonds is 1. The molecular weight excluding hydrogens is 232 g/mol. The minimum atomic E-state index is -1.31. The van der Waals surface area contributed by atoms with Crippen molar-refractivity contribution in [3.05, 3.63) is 35.0 Å². The topological polar surface area (TPSA) is 70.4 Å². The number of halogens is 2. The normalized spacial score (nSPS) is 10.8. The Hall–Kier alpha value is -2.24. The van der Waals surface area contributed by atoms with Gasteiger partial charge in [0.25, 0.3) is 0 Å². The van der Waals surface area contributed by atoms with Crippen molar-refractivity contribution in [2.75, 3.05) is 0 Å². The third-order valence-electron chi connectivity index (χ3n) is 2.45. The Balaban J connectivity index is 2.91. The van der Waals surface area contributed by atoms with Crippen LogP contribution in [0.15, 0.2) is 12.1 Å². The van der Waals surface area contributed by atoms with Crippen molar-refractivity contribution < 1.29 is 23.8 Å². The SMILES string of the molecule is Cc1c(F)c(F)c2ccc(C(=O)O)nc2c1O. The molecule has 0 aliphatic carbocycles. The Bertz CT molecular complexity index is 640. The molecule has 2 rings (SSSR count). The average molecular weight is 239 g/mol. The van der Waals surface area contributed by atoms with Gasteiger partial charge in [-0.2, -0.15) is 0 Å². The van der Waals surface area contributed by atoms with Gasteiger partial charge in [0.05, 0.1) is 0 Å². The second-order valence-corrected chi connectivity index (χ2v) is 3.50. The molecule has 88 valence electrons. The van der Waals surface area contributed by atoms with E-state index in [0.717, 1.165) is 12.1 Å². The van der Waals surface area contributed by atoms with Gasteiger partial charge in [0.15, 0.2) is 11.6 Å². The molecule has 0 saturated heterocycles. The minimum Gasteiger partial charge on any atom is -0.505 e. The summed E-state index contributed by atoms with van der Waals surface area (Å²) in [6.45, 7) is 1.18. The first-order valence-electron chi connectivity index (χ1n) is 4.64. The van der Waals surface area contributed by atoms with E-state index in [1.165, 1.54) is 6.92 Å². The maximum absolute atomic E-state index is 13.5. The summed E-state index contributed by atoms with van der Waals surface area (Å²) in [5, 5.41) is 18.1. The van der Waals surface area contributed by atoms with Crippen LogP contribution < -0.4 is 0 Å². The van der Waals surface area contributed by atoms with Crippen LogP contribution in [0.5, 0.6) is 5.75 Å². The van der Waals surface area contributed by atoms with Gasteiger partial charge in [-0.25, -0.2) is 18.6 Å². The smallest absolute Gasteiger partial charge is 0.354 e. The molecule has 17 heavy (non-hydrogen) atoms. The Kier molecular flexibility index (Phi) is 2.42. The molecule has 6 heteroatoms. The Morgan fingerprint density at radius 2 is 1.94 bits per heavy atom. The number of hydrogen-bond acceptors (Lipinski definition) is 3. The molecule has 0 aliphatic heterocycles. The minimum absolute atomic E-state index is 0.254. The Morgan fingerprint density at radius 1 is 1.29 bits per heavy atom. The summed E-state index contributed by atoms with van der Waals surface area (Å²) < 4.78 is 26.8. The van der Waals surface area contributed by atoms with E-state index in [9.17, 15) is 18.7 Å². The van der Waals surface area contributed by atoms with Crippen LogP contribution in [0, 0.1) is 18.6 Å². The molecule has 0 amide bonds. The van der Waals surface area contributed by atoms with E-state index in [2.05, 4.69) is 4.98 Å². The van der Waals surface area contributed by atoms with E-state index in [-0.39, 0.29) is 22.2 Å². The molecule has 0 saturated carbocycles. The van der Waals surface area contributed by atoms with Gasteiger partial charge >= 0.3 is 5.97 Å². The summed E-state index contributed by atoms with van der Waals surface area (Å²) in [7, 11) is 0. The lowest BCUT2D eigenvalue weighted by molar-refractivity contribution is 0.0691. The summed E-state index contributed by atoms with van der Waals surface area (Å²) in [6.07, 6.45) is 0. The highest BCUT2D eigenvalue weighted by molar-refractivity contribution is 5.92. The second-order valence-electron chi connectivity index (χ2n) is 3.50. The van der Waals surface area contributed by atoms with E-state index < -0.39 is 23.4 Å². The van der Waals surface area contributed by atoms with Gasteiger partial charge in [-0.05, 0) is 19.1 Å². The van der Waals surface area contributed by atoms with Crippen molar-refractivity contribution in [1.29, 1.82) is 0 Å². The van der Waals surface area contributed by atoms with Crippen LogP contribution in [0.1, 0.15) is 16.1 Å². The lowest BCUT2D eigenvalue weighted by Crippen LogP contribution is -2.02. The number of nitrogens with zero attached hydrogens (tertiary/aromatic N) is 1. The molecule has 0 radical (unpaired) electrons. The zero-order chi connectivity index (χ0) is 12.7. The summed E-state index contributed by atoms with van der Waals surface area (Å²) in [4.78, 5) is 14.3. The van der Waals surface area contributed by atoms with Crippen LogP contribution in [-0.2, 0) is 0 Å². The van der Waals surface area contributed by atoms with Crippen LogP contribution in [0.25, 0.3) is 10.9 Å². The fourth-order valence-electron chi connectivity index (χ4n) is 1.50. The Labute approximate surface area is 94.1 Å². The van der Waals surface area contributed by atoms with Gasteiger partial charge in [0.2, 0.25) is 0 Å². The zero-order valence-corrected chi connectivity index (χ0v) is 8.66. The standard InChI is InChI=1S/C11H7F2NO3/c1-4-7(12)8(13)5-2-3-6(11(16)17)14-9(5)10(4)15/h2-3,15H,1H3,(H,16,17). The highest BCUT2D eigenvalue weighted by Gasteiger charge is 2.19. The monoisotopic (exact) mass is 239 g/mol. The summed E-state index contributed by atoms with van der Waals surface area (Å²) in [5.41, 5.74) is -0.912. The predicted octanol–water partition coefficient (Wildman–Crippen LogP) is 2.23. The van der Waals surface area contributed by atoms with Crippen LogP contribution in [0.3, 0.4) is 0 Å². The van der Waals surface area contributed by atoms with Gasteiger partial charge in [-0.3, -0.25) is 0 Å². The summed E-state index contributed by atoms with van der Waals surface area (Å²) in [5.74, 6) is -4.18. The quantitative estimate of drug-likeness (QED) is 0.800. The van der Waals surface area contributed by atoms with Gasteiger partial charge < -0.3 is 10.2 Å². The third kappa shape index (κ3) is 1.57. The highest BCUT2D eigenvalue weighted by atomic mass is 19.2. The number of carboxylic acid groups (broad SMARTS) is 1. The third-order valence-corrected chi connectivity index (χ3v) is 2.45. The number of phenolic OH excluding ortho intramolecular Hbond substituents is 1.